The average molecular weight is 298 g/mol. The third-order valence-electron chi connectivity index (χ3n) is 3.05. The van der Waals surface area contributed by atoms with Crippen molar-refractivity contribution in [2.45, 2.75) is 38.0 Å². The number of rotatable bonds is 8. The van der Waals surface area contributed by atoms with Gasteiger partial charge in [0.25, 0.3) is 0 Å². The summed E-state index contributed by atoms with van der Waals surface area (Å²) in [6.45, 7) is 4.04. The maximum Gasteiger partial charge on any atom is 0.335 e. The van der Waals surface area contributed by atoms with Gasteiger partial charge in [0.05, 0.1) is 12.2 Å². The number of hydrogen-bond acceptors (Lipinski definition) is 5. The van der Waals surface area contributed by atoms with Crippen LogP contribution in [0.5, 0.6) is 0 Å². The molecule has 0 saturated carbocycles. The van der Waals surface area contributed by atoms with Crippen molar-refractivity contribution >= 4 is 23.5 Å². The van der Waals surface area contributed by atoms with E-state index in [1.165, 1.54) is 6.07 Å². The highest BCUT2D eigenvalue weighted by molar-refractivity contribution is 7.99. The number of carbonyl (C=O) groups is 1. The number of thioether (sulfide) groups is 1. The van der Waals surface area contributed by atoms with Crippen LogP contribution in [0.15, 0.2) is 12.1 Å². The summed E-state index contributed by atoms with van der Waals surface area (Å²) in [6, 6.07) is 3.15. The van der Waals surface area contributed by atoms with Gasteiger partial charge in [0.15, 0.2) is 0 Å². The zero-order valence-electron chi connectivity index (χ0n) is 12.1. The molecule has 0 saturated heterocycles. The lowest BCUT2D eigenvalue weighted by atomic mass is 10.1. The minimum atomic E-state index is -0.955. The minimum Gasteiger partial charge on any atom is -0.478 e. The van der Waals surface area contributed by atoms with E-state index in [4.69, 9.17) is 5.11 Å². The van der Waals surface area contributed by atoms with Crippen LogP contribution in [0, 0.1) is 0 Å². The van der Waals surface area contributed by atoms with E-state index < -0.39 is 5.97 Å². The number of carboxylic acid groups (broad SMARTS) is 1. The monoisotopic (exact) mass is 298 g/mol. The second kappa shape index (κ2) is 8.11. The molecular formula is C14H22N2O3S. The second-order valence-electron chi connectivity index (χ2n) is 4.68. The first-order chi connectivity index (χ1) is 9.51. The molecule has 5 nitrogen and oxygen atoms in total. The number of carboxylic acids is 1. The molecule has 0 aliphatic rings. The first kappa shape index (κ1) is 16.8. The van der Waals surface area contributed by atoms with Crippen LogP contribution in [0.4, 0.5) is 5.82 Å². The Bertz CT molecular complexity index is 450. The lowest BCUT2D eigenvalue weighted by molar-refractivity contribution is 0.0696. The van der Waals surface area contributed by atoms with E-state index in [2.05, 4.69) is 10.3 Å². The summed E-state index contributed by atoms with van der Waals surface area (Å²) < 4.78 is 0. The number of anilines is 1. The number of aromatic nitrogens is 1. The molecule has 0 aliphatic carbocycles. The standard InChI is InChI=1S/C14H22N2O3S/c1-4-5-11-6-10(14(18)19)7-13(16-11)15-9(2)12(8-17)20-3/h6-7,9,12,17H,4-5,8H2,1-3H3,(H,15,16)(H,18,19). The summed E-state index contributed by atoms with van der Waals surface area (Å²) in [6.07, 6.45) is 3.59. The van der Waals surface area contributed by atoms with Gasteiger partial charge in [-0.2, -0.15) is 11.8 Å². The van der Waals surface area contributed by atoms with E-state index in [0.717, 1.165) is 18.5 Å². The van der Waals surface area contributed by atoms with Gasteiger partial charge in [-0.3, -0.25) is 0 Å². The molecular weight excluding hydrogens is 276 g/mol. The number of aliphatic hydroxyl groups excluding tert-OH is 1. The number of nitrogens with one attached hydrogen (secondary N) is 1. The van der Waals surface area contributed by atoms with Crippen LogP contribution in [-0.2, 0) is 6.42 Å². The van der Waals surface area contributed by atoms with Gasteiger partial charge in [-0.05, 0) is 31.7 Å². The highest BCUT2D eigenvalue weighted by atomic mass is 32.2. The molecule has 112 valence electrons. The Morgan fingerprint density at radius 2 is 2.20 bits per heavy atom. The van der Waals surface area contributed by atoms with Gasteiger partial charge in [-0.25, -0.2) is 9.78 Å². The van der Waals surface area contributed by atoms with Crippen LogP contribution >= 0.6 is 11.8 Å². The number of pyridine rings is 1. The molecule has 0 spiro atoms. The first-order valence-electron chi connectivity index (χ1n) is 6.66. The van der Waals surface area contributed by atoms with Crippen molar-refractivity contribution in [1.29, 1.82) is 0 Å². The van der Waals surface area contributed by atoms with E-state index in [9.17, 15) is 9.90 Å². The Hall–Kier alpha value is -1.27. The molecule has 1 aromatic heterocycles. The van der Waals surface area contributed by atoms with E-state index in [-0.39, 0.29) is 23.5 Å². The molecule has 0 aromatic carbocycles. The largest absolute Gasteiger partial charge is 0.478 e. The molecule has 1 aromatic rings. The van der Waals surface area contributed by atoms with Gasteiger partial charge in [-0.15, -0.1) is 0 Å². The van der Waals surface area contributed by atoms with E-state index >= 15 is 0 Å². The van der Waals surface area contributed by atoms with Crippen molar-refractivity contribution < 1.29 is 15.0 Å². The van der Waals surface area contributed by atoms with Crippen molar-refractivity contribution in [3.05, 3.63) is 23.4 Å². The predicted molar refractivity (Wildman–Crippen MR) is 82.7 cm³/mol. The van der Waals surface area contributed by atoms with Gasteiger partial charge in [0.1, 0.15) is 5.82 Å². The van der Waals surface area contributed by atoms with Crippen LogP contribution in [0.3, 0.4) is 0 Å². The SMILES string of the molecule is CCCc1cc(C(=O)O)cc(NC(C)C(CO)SC)n1. The zero-order chi connectivity index (χ0) is 15.1. The molecule has 1 rings (SSSR count). The van der Waals surface area contributed by atoms with Gasteiger partial charge in [0.2, 0.25) is 0 Å². The summed E-state index contributed by atoms with van der Waals surface area (Å²) in [5.41, 5.74) is 1.01. The summed E-state index contributed by atoms with van der Waals surface area (Å²) in [7, 11) is 0. The van der Waals surface area contributed by atoms with Crippen LogP contribution in [0.2, 0.25) is 0 Å². The molecule has 0 amide bonds. The van der Waals surface area contributed by atoms with Crippen LogP contribution in [-0.4, -0.2) is 45.3 Å². The predicted octanol–water partition coefficient (Wildman–Crippen LogP) is 2.26. The van der Waals surface area contributed by atoms with Gasteiger partial charge < -0.3 is 15.5 Å². The fraction of sp³-hybridized carbons (Fsp3) is 0.571. The molecule has 6 heteroatoms. The van der Waals surface area contributed by atoms with Crippen molar-refractivity contribution in [3.8, 4) is 0 Å². The molecule has 0 fully saturated rings. The van der Waals surface area contributed by atoms with Crippen molar-refractivity contribution in [2.24, 2.45) is 0 Å². The number of aliphatic hydroxyl groups is 1. The number of aromatic carboxylic acids is 1. The highest BCUT2D eigenvalue weighted by Gasteiger charge is 2.16. The van der Waals surface area contributed by atoms with Crippen molar-refractivity contribution in [2.75, 3.05) is 18.2 Å². The average Bonchev–Trinajstić information content (AvgIpc) is 2.40. The topological polar surface area (TPSA) is 82.5 Å². The smallest absolute Gasteiger partial charge is 0.335 e. The van der Waals surface area contributed by atoms with Crippen molar-refractivity contribution in [3.63, 3.8) is 0 Å². The maximum atomic E-state index is 11.1. The zero-order valence-corrected chi connectivity index (χ0v) is 12.9. The molecule has 2 unspecified atom stereocenters. The molecule has 0 aliphatic heterocycles. The fourth-order valence-corrected chi connectivity index (χ4v) is 2.56. The molecule has 0 radical (unpaired) electrons. The van der Waals surface area contributed by atoms with E-state index in [1.54, 1.807) is 17.8 Å². The third-order valence-corrected chi connectivity index (χ3v) is 4.21. The summed E-state index contributed by atoms with van der Waals surface area (Å²) >= 11 is 1.57. The second-order valence-corrected chi connectivity index (χ2v) is 5.75. The number of hydrogen-bond donors (Lipinski definition) is 3. The van der Waals surface area contributed by atoms with Crippen LogP contribution in [0.25, 0.3) is 0 Å². The lowest BCUT2D eigenvalue weighted by Gasteiger charge is -2.22. The number of nitrogens with zero attached hydrogens (tertiary/aromatic N) is 1. The Kier molecular flexibility index (Phi) is 6.81. The quantitative estimate of drug-likeness (QED) is 0.683. The van der Waals surface area contributed by atoms with Crippen molar-refractivity contribution in [1.82, 2.24) is 4.98 Å². The van der Waals surface area contributed by atoms with Gasteiger partial charge in [0, 0.05) is 17.0 Å². The Morgan fingerprint density at radius 1 is 1.50 bits per heavy atom. The van der Waals surface area contributed by atoms with Crippen LogP contribution in [0.1, 0.15) is 36.3 Å². The third kappa shape index (κ3) is 4.68. The normalized spacial score (nSPS) is 13.8. The maximum absolute atomic E-state index is 11.1. The van der Waals surface area contributed by atoms with Gasteiger partial charge >= 0.3 is 5.97 Å². The molecule has 3 N–H and O–H groups in total. The Balaban J connectivity index is 2.95. The van der Waals surface area contributed by atoms with Crippen LogP contribution < -0.4 is 5.32 Å². The molecule has 20 heavy (non-hydrogen) atoms. The summed E-state index contributed by atoms with van der Waals surface area (Å²) in [4.78, 5) is 15.6. The molecule has 1 heterocycles. The number of aryl methyl sites for hydroxylation is 1. The lowest BCUT2D eigenvalue weighted by Crippen LogP contribution is -2.31. The van der Waals surface area contributed by atoms with E-state index in [0.29, 0.717) is 5.82 Å². The Labute approximate surface area is 123 Å². The van der Waals surface area contributed by atoms with E-state index in [1.807, 2.05) is 20.1 Å². The highest BCUT2D eigenvalue weighted by Crippen LogP contribution is 2.17. The summed E-state index contributed by atoms with van der Waals surface area (Å²) in [5, 5.41) is 21.6. The van der Waals surface area contributed by atoms with Gasteiger partial charge in [-0.1, -0.05) is 13.3 Å². The fourth-order valence-electron chi connectivity index (χ4n) is 1.93. The summed E-state index contributed by atoms with van der Waals surface area (Å²) in [5.74, 6) is -0.405. The molecule has 2 atom stereocenters. The molecule has 0 bridgehead atoms. The first-order valence-corrected chi connectivity index (χ1v) is 7.95. The minimum absolute atomic E-state index is 0.000946. The Morgan fingerprint density at radius 3 is 2.70 bits per heavy atom.